The van der Waals surface area contributed by atoms with Crippen LogP contribution in [-0.2, 0) is 14.6 Å². The molecule has 1 N–H and O–H groups in total. The Morgan fingerprint density at radius 1 is 1.37 bits per heavy atom. The van der Waals surface area contributed by atoms with Gasteiger partial charge in [-0.25, -0.2) is 8.42 Å². The van der Waals surface area contributed by atoms with Gasteiger partial charge >= 0.3 is 0 Å². The number of hydrogen-bond acceptors (Lipinski definition) is 3. The summed E-state index contributed by atoms with van der Waals surface area (Å²) in [5, 5.41) is 2.00. The Morgan fingerprint density at radius 2 is 1.95 bits per heavy atom. The molecule has 1 rings (SSSR count). The van der Waals surface area contributed by atoms with Crippen molar-refractivity contribution in [2.45, 2.75) is 19.1 Å². The highest BCUT2D eigenvalue weighted by Gasteiger charge is 2.26. The normalized spacial score (nSPS) is 13.4. The monoisotopic (exact) mass is 301 g/mol. The van der Waals surface area contributed by atoms with Gasteiger partial charge < -0.3 is 5.32 Å². The van der Waals surface area contributed by atoms with Gasteiger partial charge in [0.1, 0.15) is 5.25 Å². The zero-order valence-corrected chi connectivity index (χ0v) is 12.3. The summed E-state index contributed by atoms with van der Waals surface area (Å²) in [6, 6.07) is 6.48. The second kappa shape index (κ2) is 6.73. The number of sulfone groups is 1. The highest BCUT2D eigenvalue weighted by atomic mass is 35.5. The van der Waals surface area contributed by atoms with Crippen molar-refractivity contribution >= 4 is 33.0 Å². The Labute approximate surface area is 118 Å². The number of nitrogens with one attached hydrogen (secondary N) is 1. The van der Waals surface area contributed by atoms with E-state index in [0.29, 0.717) is 10.7 Å². The van der Waals surface area contributed by atoms with Gasteiger partial charge in [-0.15, -0.1) is 0 Å². The summed E-state index contributed by atoms with van der Waals surface area (Å²) in [5.74, 6) is -0.689. The molecule has 0 saturated heterocycles. The zero-order valence-electron chi connectivity index (χ0n) is 10.8. The molecule has 0 aliphatic heterocycles. The maximum absolute atomic E-state index is 11.9. The largest absolute Gasteiger partial charge is 0.325 e. The molecule has 0 aliphatic rings. The third kappa shape index (κ3) is 4.69. The summed E-state index contributed by atoms with van der Waals surface area (Å²) >= 11 is 5.72. The van der Waals surface area contributed by atoms with Gasteiger partial charge in [0.25, 0.3) is 0 Å². The quantitative estimate of drug-likeness (QED) is 0.850. The first kappa shape index (κ1) is 15.7. The van der Waals surface area contributed by atoms with Gasteiger partial charge in [0.05, 0.1) is 5.75 Å². The number of anilines is 1. The number of hydrogen-bond donors (Lipinski definition) is 1. The molecule has 0 fully saturated rings. The lowest BCUT2D eigenvalue weighted by Crippen LogP contribution is -2.33. The SMILES string of the molecule is CC=CCS(=O)(=O)C(C)C(=O)Nc1ccc(Cl)cc1. The molecular weight excluding hydrogens is 286 g/mol. The number of carbonyl (C=O) groups excluding carboxylic acids is 1. The topological polar surface area (TPSA) is 63.2 Å². The lowest BCUT2D eigenvalue weighted by molar-refractivity contribution is -0.115. The second-order valence-corrected chi connectivity index (χ2v) is 6.84. The highest BCUT2D eigenvalue weighted by Crippen LogP contribution is 2.14. The van der Waals surface area contributed by atoms with Crippen LogP contribution in [0, 0.1) is 0 Å². The fraction of sp³-hybridized carbons (Fsp3) is 0.308. The molecule has 0 spiro atoms. The van der Waals surface area contributed by atoms with Gasteiger partial charge in [0.2, 0.25) is 5.91 Å². The predicted molar refractivity (Wildman–Crippen MR) is 78.1 cm³/mol. The van der Waals surface area contributed by atoms with Crippen LogP contribution in [-0.4, -0.2) is 25.3 Å². The van der Waals surface area contributed by atoms with Crippen LogP contribution in [0.2, 0.25) is 5.02 Å². The minimum Gasteiger partial charge on any atom is -0.325 e. The van der Waals surface area contributed by atoms with Crippen molar-refractivity contribution in [2.75, 3.05) is 11.1 Å². The van der Waals surface area contributed by atoms with Crippen LogP contribution < -0.4 is 5.32 Å². The van der Waals surface area contributed by atoms with Crippen molar-refractivity contribution in [1.82, 2.24) is 0 Å². The predicted octanol–water partition coefficient (Wildman–Crippen LogP) is 2.66. The first-order valence-corrected chi connectivity index (χ1v) is 7.85. The molecule has 0 bridgehead atoms. The van der Waals surface area contributed by atoms with E-state index in [-0.39, 0.29) is 5.75 Å². The Kier molecular flexibility index (Phi) is 5.57. The maximum Gasteiger partial charge on any atom is 0.242 e. The van der Waals surface area contributed by atoms with Crippen LogP contribution in [0.4, 0.5) is 5.69 Å². The summed E-state index contributed by atoms with van der Waals surface area (Å²) in [5.41, 5.74) is 0.516. The molecular formula is C13H16ClNO3S. The molecule has 6 heteroatoms. The van der Waals surface area contributed by atoms with E-state index in [4.69, 9.17) is 11.6 Å². The fourth-order valence-electron chi connectivity index (χ4n) is 1.31. The summed E-state index contributed by atoms with van der Waals surface area (Å²) in [6.07, 6.45) is 3.16. The first-order valence-electron chi connectivity index (χ1n) is 5.76. The Morgan fingerprint density at radius 3 is 2.47 bits per heavy atom. The Bertz CT molecular complexity index is 564. The maximum atomic E-state index is 11.9. The molecule has 1 atom stereocenters. The molecule has 104 valence electrons. The van der Waals surface area contributed by atoms with Crippen molar-refractivity contribution in [3.05, 3.63) is 41.4 Å². The Balaban J connectivity index is 2.75. The fourth-order valence-corrected chi connectivity index (χ4v) is 2.58. The smallest absolute Gasteiger partial charge is 0.242 e. The molecule has 1 aromatic rings. The van der Waals surface area contributed by atoms with Crippen LogP contribution in [0.5, 0.6) is 0 Å². The summed E-state index contributed by atoms with van der Waals surface area (Å²) in [6.45, 7) is 3.11. The minimum absolute atomic E-state index is 0.140. The molecule has 0 aromatic heterocycles. The van der Waals surface area contributed by atoms with E-state index in [9.17, 15) is 13.2 Å². The molecule has 0 radical (unpaired) electrons. The molecule has 1 unspecified atom stereocenters. The molecule has 0 aliphatic carbocycles. The minimum atomic E-state index is -3.47. The van der Waals surface area contributed by atoms with Crippen molar-refractivity contribution in [3.63, 3.8) is 0 Å². The standard InChI is InChI=1S/C13H16ClNO3S/c1-3-4-9-19(17,18)10(2)13(16)15-12-7-5-11(14)6-8-12/h3-8,10H,9H2,1-2H3,(H,15,16). The van der Waals surface area contributed by atoms with E-state index in [1.807, 2.05) is 0 Å². The molecule has 0 heterocycles. The van der Waals surface area contributed by atoms with Crippen molar-refractivity contribution in [3.8, 4) is 0 Å². The molecule has 19 heavy (non-hydrogen) atoms. The van der Waals surface area contributed by atoms with Gasteiger partial charge in [-0.1, -0.05) is 23.8 Å². The van der Waals surface area contributed by atoms with Crippen LogP contribution in [0.1, 0.15) is 13.8 Å². The average Bonchev–Trinajstić information content (AvgIpc) is 2.38. The van der Waals surface area contributed by atoms with Gasteiger partial charge in [-0.05, 0) is 38.1 Å². The molecule has 1 aromatic carbocycles. The van der Waals surface area contributed by atoms with Crippen molar-refractivity contribution in [2.24, 2.45) is 0 Å². The van der Waals surface area contributed by atoms with Crippen molar-refractivity contribution in [1.29, 1.82) is 0 Å². The lowest BCUT2D eigenvalue weighted by atomic mass is 10.3. The molecule has 4 nitrogen and oxygen atoms in total. The highest BCUT2D eigenvalue weighted by molar-refractivity contribution is 7.92. The third-order valence-corrected chi connectivity index (χ3v) is 4.78. The van der Waals surface area contributed by atoms with Crippen LogP contribution in [0.25, 0.3) is 0 Å². The number of carbonyl (C=O) groups is 1. The van der Waals surface area contributed by atoms with E-state index >= 15 is 0 Å². The molecule has 0 saturated carbocycles. The average molecular weight is 302 g/mol. The lowest BCUT2D eigenvalue weighted by Gasteiger charge is -2.12. The number of benzene rings is 1. The van der Waals surface area contributed by atoms with E-state index in [0.717, 1.165) is 0 Å². The van der Waals surface area contributed by atoms with Crippen LogP contribution >= 0.6 is 11.6 Å². The van der Waals surface area contributed by atoms with Gasteiger partial charge in [0, 0.05) is 10.7 Å². The summed E-state index contributed by atoms with van der Waals surface area (Å²) in [7, 11) is -3.47. The molecule has 1 amide bonds. The summed E-state index contributed by atoms with van der Waals surface area (Å²) < 4.78 is 23.7. The van der Waals surface area contributed by atoms with Crippen LogP contribution in [0.15, 0.2) is 36.4 Å². The van der Waals surface area contributed by atoms with E-state index in [2.05, 4.69) is 5.32 Å². The van der Waals surface area contributed by atoms with Gasteiger partial charge in [-0.3, -0.25) is 4.79 Å². The Hall–Kier alpha value is -1.33. The number of halogens is 1. The second-order valence-electron chi connectivity index (χ2n) is 4.04. The van der Waals surface area contributed by atoms with E-state index in [1.165, 1.54) is 13.0 Å². The van der Waals surface area contributed by atoms with Gasteiger partial charge in [-0.2, -0.15) is 0 Å². The van der Waals surface area contributed by atoms with Crippen LogP contribution in [0.3, 0.4) is 0 Å². The number of rotatable bonds is 5. The summed E-state index contributed by atoms with van der Waals surface area (Å²) in [4.78, 5) is 11.9. The first-order chi connectivity index (χ1) is 8.86. The van der Waals surface area contributed by atoms with E-state index < -0.39 is 21.0 Å². The van der Waals surface area contributed by atoms with Crippen molar-refractivity contribution < 1.29 is 13.2 Å². The number of allylic oxidation sites excluding steroid dienone is 1. The number of amides is 1. The van der Waals surface area contributed by atoms with Gasteiger partial charge in [0.15, 0.2) is 9.84 Å². The van der Waals surface area contributed by atoms with E-state index in [1.54, 1.807) is 37.3 Å². The third-order valence-electron chi connectivity index (χ3n) is 2.58. The zero-order chi connectivity index (χ0) is 14.5.